The number of benzene rings is 3. The van der Waals surface area contributed by atoms with E-state index >= 15 is 0 Å². The molecule has 0 radical (unpaired) electrons. The van der Waals surface area contributed by atoms with Gasteiger partial charge in [0.25, 0.3) is 0 Å². The molecule has 0 saturated carbocycles. The van der Waals surface area contributed by atoms with E-state index in [9.17, 15) is 9.18 Å². The molecule has 0 aromatic heterocycles. The van der Waals surface area contributed by atoms with Crippen molar-refractivity contribution in [3.8, 4) is 34.5 Å². The molecule has 200 valence electrons. The van der Waals surface area contributed by atoms with Crippen LogP contribution in [0.1, 0.15) is 21.5 Å². The van der Waals surface area contributed by atoms with Crippen molar-refractivity contribution in [3.63, 3.8) is 0 Å². The van der Waals surface area contributed by atoms with Crippen LogP contribution in [0.2, 0.25) is 0 Å². The Hall–Kier alpha value is -4.66. The Balaban J connectivity index is 1.92. The van der Waals surface area contributed by atoms with Gasteiger partial charge in [-0.15, -0.1) is 0 Å². The molecule has 0 bridgehead atoms. The molecule has 1 N–H and O–H groups in total. The van der Waals surface area contributed by atoms with E-state index in [4.69, 9.17) is 28.4 Å². The number of ketones is 1. The molecule has 3 aromatic carbocycles. The zero-order valence-electron chi connectivity index (χ0n) is 22.1. The van der Waals surface area contributed by atoms with Gasteiger partial charge in [-0.05, 0) is 42.0 Å². The van der Waals surface area contributed by atoms with E-state index in [2.05, 4.69) is 5.32 Å². The second kappa shape index (κ2) is 13.0. The molecule has 38 heavy (non-hydrogen) atoms. The number of halogens is 1. The molecule has 0 fully saturated rings. The Morgan fingerprint density at radius 3 is 1.87 bits per heavy atom. The fourth-order valence-electron chi connectivity index (χ4n) is 3.66. The second-order valence-electron chi connectivity index (χ2n) is 7.78. The second-order valence-corrected chi connectivity index (χ2v) is 7.78. The molecule has 3 aromatic rings. The van der Waals surface area contributed by atoms with E-state index < -0.39 is 5.82 Å². The minimum atomic E-state index is -0.612. The maximum atomic E-state index is 14.0. The molecule has 0 atom stereocenters. The van der Waals surface area contributed by atoms with Gasteiger partial charge in [-0.3, -0.25) is 4.79 Å². The highest BCUT2D eigenvalue weighted by Crippen LogP contribution is 2.39. The minimum absolute atomic E-state index is 0.0671. The Bertz CT molecular complexity index is 1330. The molecule has 9 heteroatoms. The molecule has 0 saturated heterocycles. The van der Waals surface area contributed by atoms with Crippen LogP contribution in [0.15, 0.2) is 54.7 Å². The van der Waals surface area contributed by atoms with Crippen LogP contribution in [0.5, 0.6) is 34.5 Å². The van der Waals surface area contributed by atoms with Gasteiger partial charge in [-0.2, -0.15) is 0 Å². The summed E-state index contributed by atoms with van der Waals surface area (Å²) in [4.78, 5) is 12.6. The van der Waals surface area contributed by atoms with Gasteiger partial charge in [0.2, 0.25) is 5.75 Å². The monoisotopic (exact) mass is 523 g/mol. The summed E-state index contributed by atoms with van der Waals surface area (Å²) in [6, 6.07) is 11.2. The molecule has 0 amide bonds. The first-order valence-corrected chi connectivity index (χ1v) is 11.4. The van der Waals surface area contributed by atoms with Crippen LogP contribution in [0.4, 0.5) is 10.1 Å². The third-order valence-electron chi connectivity index (χ3n) is 5.61. The van der Waals surface area contributed by atoms with Crippen molar-refractivity contribution in [3.05, 3.63) is 77.2 Å². The molecule has 0 spiro atoms. The van der Waals surface area contributed by atoms with E-state index in [0.29, 0.717) is 34.4 Å². The number of hydrogen-bond donors (Lipinski definition) is 1. The van der Waals surface area contributed by atoms with Gasteiger partial charge < -0.3 is 33.7 Å². The normalized spacial score (nSPS) is 10.9. The molecule has 0 aliphatic carbocycles. The van der Waals surface area contributed by atoms with Crippen molar-refractivity contribution >= 4 is 23.6 Å². The zero-order valence-corrected chi connectivity index (χ0v) is 22.1. The summed E-state index contributed by atoms with van der Waals surface area (Å²) in [5, 5.41) is 3.10. The topological polar surface area (TPSA) is 84.5 Å². The zero-order chi connectivity index (χ0) is 27.7. The van der Waals surface area contributed by atoms with Crippen LogP contribution < -0.4 is 33.7 Å². The van der Waals surface area contributed by atoms with Crippen LogP contribution in [0.25, 0.3) is 12.2 Å². The summed E-state index contributed by atoms with van der Waals surface area (Å²) in [5.74, 6) is 1.63. The van der Waals surface area contributed by atoms with Crippen molar-refractivity contribution in [2.24, 2.45) is 0 Å². The lowest BCUT2D eigenvalue weighted by atomic mass is 10.1. The number of hydrogen-bond acceptors (Lipinski definition) is 8. The maximum Gasteiger partial charge on any atom is 0.203 e. The van der Waals surface area contributed by atoms with Crippen molar-refractivity contribution in [2.75, 3.05) is 48.0 Å². The average Bonchev–Trinajstić information content (AvgIpc) is 2.95. The van der Waals surface area contributed by atoms with E-state index in [-0.39, 0.29) is 17.1 Å². The summed E-state index contributed by atoms with van der Waals surface area (Å²) in [6.07, 6.45) is 6.51. The van der Waals surface area contributed by atoms with Crippen LogP contribution in [0, 0.1) is 5.82 Å². The number of allylic oxidation sites excluding steroid dienone is 1. The third kappa shape index (κ3) is 6.36. The molecule has 0 unspecified atom stereocenters. The van der Waals surface area contributed by atoms with Crippen molar-refractivity contribution < 1.29 is 37.6 Å². The highest BCUT2D eigenvalue weighted by molar-refractivity contribution is 6.04. The molecular weight excluding hydrogens is 493 g/mol. The minimum Gasteiger partial charge on any atom is -0.494 e. The first-order valence-electron chi connectivity index (χ1n) is 11.4. The first-order chi connectivity index (χ1) is 18.4. The Kier molecular flexibility index (Phi) is 9.59. The molecule has 0 aliphatic heterocycles. The number of anilines is 1. The van der Waals surface area contributed by atoms with E-state index in [1.54, 1.807) is 40.6 Å². The van der Waals surface area contributed by atoms with E-state index in [1.165, 1.54) is 38.6 Å². The Morgan fingerprint density at radius 1 is 0.711 bits per heavy atom. The molecule has 0 heterocycles. The molecule has 3 rings (SSSR count). The van der Waals surface area contributed by atoms with Gasteiger partial charge >= 0.3 is 0 Å². The van der Waals surface area contributed by atoms with Gasteiger partial charge in [-0.1, -0.05) is 12.2 Å². The van der Waals surface area contributed by atoms with E-state index in [0.717, 1.165) is 17.2 Å². The summed E-state index contributed by atoms with van der Waals surface area (Å²) in [7, 11) is 9.08. The number of ether oxygens (including phenoxy) is 6. The van der Waals surface area contributed by atoms with Gasteiger partial charge in [-0.25, -0.2) is 4.39 Å². The number of nitrogens with one attached hydrogen (secondary N) is 1. The smallest absolute Gasteiger partial charge is 0.203 e. The maximum absolute atomic E-state index is 14.0. The summed E-state index contributed by atoms with van der Waals surface area (Å²) < 4.78 is 46.0. The van der Waals surface area contributed by atoms with E-state index in [1.807, 2.05) is 24.3 Å². The lowest BCUT2D eigenvalue weighted by Gasteiger charge is -2.14. The van der Waals surface area contributed by atoms with Crippen LogP contribution >= 0.6 is 0 Å². The fourth-order valence-corrected chi connectivity index (χ4v) is 3.66. The standard InChI is InChI=1S/C29H30FNO7/c1-33-24-10-9-20(15-21(24)30)23(32)11-12-31-22-17-26(35-3)25(34-2)16-19(22)8-7-18-13-27(36-4)29(38-6)28(14-18)37-5/h7-17,31H,1-6H3. The Morgan fingerprint density at radius 2 is 1.32 bits per heavy atom. The number of methoxy groups -OCH3 is 6. The van der Waals surface area contributed by atoms with Crippen LogP contribution in [-0.2, 0) is 0 Å². The quantitative estimate of drug-likeness (QED) is 0.180. The summed E-state index contributed by atoms with van der Waals surface area (Å²) in [5.41, 5.74) is 2.36. The number of rotatable bonds is 12. The highest BCUT2D eigenvalue weighted by atomic mass is 19.1. The fraction of sp³-hybridized carbons (Fsp3) is 0.207. The van der Waals surface area contributed by atoms with Gasteiger partial charge in [0.1, 0.15) is 0 Å². The first kappa shape index (κ1) is 27.9. The third-order valence-corrected chi connectivity index (χ3v) is 5.61. The molecule has 8 nitrogen and oxygen atoms in total. The van der Waals surface area contributed by atoms with Crippen molar-refractivity contribution in [1.29, 1.82) is 0 Å². The lowest BCUT2D eigenvalue weighted by Crippen LogP contribution is -2.00. The highest BCUT2D eigenvalue weighted by Gasteiger charge is 2.13. The largest absolute Gasteiger partial charge is 0.494 e. The average molecular weight is 524 g/mol. The summed E-state index contributed by atoms with van der Waals surface area (Å²) in [6.45, 7) is 0. The number of carbonyl (C=O) groups excluding carboxylic acids is 1. The number of carbonyl (C=O) groups is 1. The predicted molar refractivity (Wildman–Crippen MR) is 145 cm³/mol. The predicted octanol–water partition coefficient (Wildman–Crippen LogP) is 5.86. The lowest BCUT2D eigenvalue weighted by molar-refractivity contribution is 0.104. The van der Waals surface area contributed by atoms with Gasteiger partial charge in [0, 0.05) is 35.2 Å². The van der Waals surface area contributed by atoms with Crippen molar-refractivity contribution in [1.82, 2.24) is 0 Å². The SMILES string of the molecule is COc1ccc(C(=O)C=CNc2cc(OC)c(OC)cc2C=Cc2cc(OC)c(OC)c(OC)c2)cc1F. The molecule has 0 aliphatic rings. The molecular formula is C29H30FNO7. The van der Waals surface area contributed by atoms with Gasteiger partial charge in [0.15, 0.2) is 40.3 Å². The van der Waals surface area contributed by atoms with Gasteiger partial charge in [0.05, 0.1) is 42.7 Å². The van der Waals surface area contributed by atoms with Crippen LogP contribution in [-0.4, -0.2) is 48.4 Å². The van der Waals surface area contributed by atoms with Crippen LogP contribution in [0.3, 0.4) is 0 Å². The summed E-state index contributed by atoms with van der Waals surface area (Å²) >= 11 is 0. The van der Waals surface area contributed by atoms with Crippen molar-refractivity contribution in [2.45, 2.75) is 0 Å². The Labute approximate surface area is 221 Å².